The fourth-order valence-corrected chi connectivity index (χ4v) is 5.84. The number of esters is 8. The summed E-state index contributed by atoms with van der Waals surface area (Å²) in [4.78, 5) is 112. The lowest BCUT2D eigenvalue weighted by molar-refractivity contribution is -0.335. The van der Waals surface area contributed by atoms with Gasteiger partial charge in [-0.25, -0.2) is 14.4 Å². The van der Waals surface area contributed by atoms with E-state index in [9.17, 15) is 56.3 Å². The number of alkyl halides is 3. The van der Waals surface area contributed by atoms with Crippen LogP contribution in [0, 0.1) is 0 Å². The molecular formula is C35H40F3NO21. The Kier molecular flexibility index (Phi) is 16.7. The second-order valence-corrected chi connectivity index (χ2v) is 12.5. The van der Waals surface area contributed by atoms with Crippen molar-refractivity contribution in [1.29, 1.82) is 0 Å². The Balaban J connectivity index is 2.28. The van der Waals surface area contributed by atoms with Gasteiger partial charge in [-0.2, -0.15) is 13.2 Å². The molecule has 0 unspecified atom stereocenters. The van der Waals surface area contributed by atoms with Crippen LogP contribution in [0.5, 0.6) is 5.75 Å². The summed E-state index contributed by atoms with van der Waals surface area (Å²) < 4.78 is 105. The molecule has 0 radical (unpaired) electrons. The number of carbonyl (C=O) groups is 9. The smallest absolute Gasteiger partial charge is 0.467 e. The number of rotatable bonds is 14. The molecule has 1 N–H and O–H groups in total. The van der Waals surface area contributed by atoms with Crippen LogP contribution in [0.25, 0.3) is 0 Å². The number of carbonyl (C=O) groups excluding carboxylic acids is 9. The normalized spacial score (nSPS) is 26.2. The molecule has 2 saturated heterocycles. The molecule has 3 rings (SSSR count). The highest BCUT2D eigenvalue weighted by Gasteiger charge is 2.59. The van der Waals surface area contributed by atoms with Crippen LogP contribution in [0.4, 0.5) is 13.2 Å². The molecule has 0 spiro atoms. The lowest BCUT2D eigenvalue weighted by Gasteiger charge is -2.48. The number of hydrogen-bond acceptors (Lipinski definition) is 21. The van der Waals surface area contributed by atoms with Gasteiger partial charge in [0.25, 0.3) is 0 Å². The second kappa shape index (κ2) is 20.7. The van der Waals surface area contributed by atoms with E-state index in [1.807, 2.05) is 0 Å². The molecule has 2 heterocycles. The third kappa shape index (κ3) is 12.7. The van der Waals surface area contributed by atoms with Gasteiger partial charge in [-0.3, -0.25) is 28.8 Å². The molecule has 0 aliphatic carbocycles. The first kappa shape index (κ1) is 48.3. The zero-order valence-corrected chi connectivity index (χ0v) is 32.9. The summed E-state index contributed by atoms with van der Waals surface area (Å²) in [7, 11) is 2.90. The second-order valence-electron chi connectivity index (χ2n) is 12.5. The molecule has 1 aromatic carbocycles. The Labute approximate surface area is 337 Å². The minimum atomic E-state index is -5.62. The highest BCUT2D eigenvalue weighted by molar-refractivity contribution is 5.96. The van der Waals surface area contributed by atoms with E-state index in [0.717, 1.165) is 74.1 Å². The van der Waals surface area contributed by atoms with Gasteiger partial charge in [-0.1, -0.05) is 0 Å². The fourth-order valence-electron chi connectivity index (χ4n) is 5.84. The van der Waals surface area contributed by atoms with E-state index in [-0.39, 0.29) is 11.1 Å². The molecule has 0 aromatic heterocycles. The number of benzene rings is 1. The molecule has 332 valence electrons. The molecule has 1 aromatic rings. The van der Waals surface area contributed by atoms with Crippen molar-refractivity contribution in [3.05, 3.63) is 29.3 Å². The first-order valence-electron chi connectivity index (χ1n) is 17.2. The van der Waals surface area contributed by atoms with Crippen LogP contribution >= 0.6 is 0 Å². The van der Waals surface area contributed by atoms with Crippen LogP contribution in [0.1, 0.15) is 55.3 Å². The molecule has 2 aliphatic heterocycles. The van der Waals surface area contributed by atoms with Crippen molar-refractivity contribution < 1.29 is 113 Å². The quantitative estimate of drug-likeness (QED) is 0.190. The van der Waals surface area contributed by atoms with Crippen molar-refractivity contribution in [2.75, 3.05) is 27.9 Å². The lowest BCUT2D eigenvalue weighted by atomic mass is 9.94. The first-order valence-corrected chi connectivity index (χ1v) is 17.2. The van der Waals surface area contributed by atoms with Crippen LogP contribution in [0.3, 0.4) is 0 Å². The van der Waals surface area contributed by atoms with Crippen molar-refractivity contribution in [1.82, 2.24) is 5.32 Å². The molecule has 2 fully saturated rings. The third-order valence-electron chi connectivity index (χ3n) is 8.08. The van der Waals surface area contributed by atoms with Crippen molar-refractivity contribution in [3.8, 4) is 5.75 Å². The number of hydrogen-bond donors (Lipinski definition) is 1. The van der Waals surface area contributed by atoms with E-state index in [1.165, 1.54) is 5.32 Å². The van der Waals surface area contributed by atoms with Gasteiger partial charge in [0.05, 0.1) is 32.5 Å². The number of amides is 1. The average molecular weight is 868 g/mol. The molecule has 22 nitrogen and oxygen atoms in total. The SMILES string of the molecule is COC(=O)c1cc(O[C@@H]2O[C@H](C(=O)OC)[C@@H](O[C@H]3O[C@H](COC(C)=O)[C@@H](OC(C)=O)[C@H](OC(C)=O)[C@H]3NC(=O)C(F)(F)F)[C@H](OC(C)=O)[C@H]2OC(C)=O)cc(C(=O)OC)c1. The Morgan fingerprint density at radius 2 is 1.12 bits per heavy atom. The van der Waals surface area contributed by atoms with Gasteiger partial charge in [0, 0.05) is 34.6 Å². The summed E-state index contributed by atoms with van der Waals surface area (Å²) in [5.41, 5.74) is -0.562. The van der Waals surface area contributed by atoms with Crippen molar-refractivity contribution in [3.63, 3.8) is 0 Å². The van der Waals surface area contributed by atoms with E-state index in [1.54, 1.807) is 0 Å². The monoisotopic (exact) mass is 867 g/mol. The summed E-state index contributed by atoms with van der Waals surface area (Å²) in [5.74, 6) is -11.9. The molecule has 25 heteroatoms. The lowest BCUT2D eigenvalue weighted by Crippen LogP contribution is -2.70. The maximum Gasteiger partial charge on any atom is 0.471 e. The minimum absolute atomic E-state index is 0.281. The van der Waals surface area contributed by atoms with Gasteiger partial charge in [-0.15, -0.1) is 0 Å². The summed E-state index contributed by atoms with van der Waals surface area (Å²) in [5, 5.41) is 1.54. The van der Waals surface area contributed by atoms with E-state index >= 15 is 0 Å². The van der Waals surface area contributed by atoms with E-state index in [4.69, 9.17) is 56.8 Å². The zero-order valence-electron chi connectivity index (χ0n) is 32.9. The number of halogens is 3. The molecule has 0 bridgehead atoms. The third-order valence-corrected chi connectivity index (χ3v) is 8.08. The summed E-state index contributed by atoms with van der Waals surface area (Å²) in [6, 6.07) is 0.798. The van der Waals surface area contributed by atoms with Crippen LogP contribution in [0.15, 0.2) is 18.2 Å². The summed E-state index contributed by atoms with van der Waals surface area (Å²) >= 11 is 0. The van der Waals surface area contributed by atoms with Crippen molar-refractivity contribution in [2.45, 2.75) is 102 Å². The molecule has 2 aliphatic rings. The maximum atomic E-state index is 13.8. The topological polar surface area (TPSA) is 276 Å². The predicted molar refractivity (Wildman–Crippen MR) is 181 cm³/mol. The zero-order chi connectivity index (χ0) is 45.2. The Morgan fingerprint density at radius 1 is 0.617 bits per heavy atom. The number of ether oxygens (including phenoxy) is 12. The highest BCUT2D eigenvalue weighted by atomic mass is 19.4. The van der Waals surface area contributed by atoms with Crippen LogP contribution in [0.2, 0.25) is 0 Å². The van der Waals surface area contributed by atoms with Crippen LogP contribution < -0.4 is 10.1 Å². The average Bonchev–Trinajstić information content (AvgIpc) is 3.15. The predicted octanol–water partition coefficient (Wildman–Crippen LogP) is -0.0164. The number of nitrogens with one attached hydrogen (secondary N) is 1. The Hall–Kier alpha value is -6.08. The van der Waals surface area contributed by atoms with Gasteiger partial charge in [0.1, 0.15) is 30.6 Å². The Bertz CT molecular complexity index is 1780. The fraction of sp³-hybridized carbons (Fsp3) is 0.571. The van der Waals surface area contributed by atoms with Gasteiger partial charge in [0.2, 0.25) is 12.4 Å². The first-order chi connectivity index (χ1) is 28.0. The summed E-state index contributed by atoms with van der Waals surface area (Å²) in [6.45, 7) is 3.48. The van der Waals surface area contributed by atoms with Gasteiger partial charge in [-0.05, 0) is 18.2 Å². The van der Waals surface area contributed by atoms with Crippen LogP contribution in [-0.2, 0) is 85.7 Å². The van der Waals surface area contributed by atoms with Gasteiger partial charge < -0.3 is 62.2 Å². The van der Waals surface area contributed by atoms with Crippen molar-refractivity contribution in [2.24, 2.45) is 0 Å². The van der Waals surface area contributed by atoms with Crippen molar-refractivity contribution >= 4 is 53.7 Å². The van der Waals surface area contributed by atoms with E-state index < -0.39 is 134 Å². The number of methoxy groups -OCH3 is 3. The Morgan fingerprint density at radius 3 is 1.58 bits per heavy atom. The van der Waals surface area contributed by atoms with E-state index in [2.05, 4.69) is 0 Å². The van der Waals surface area contributed by atoms with Gasteiger partial charge in [0.15, 0.2) is 30.7 Å². The molecule has 1 amide bonds. The molecule has 10 atom stereocenters. The summed E-state index contributed by atoms with van der Waals surface area (Å²) in [6.07, 6.45) is -24.5. The minimum Gasteiger partial charge on any atom is -0.467 e. The standard InChI is InChI=1S/C35H40F3NO21/c1-13(40)52-12-21-23(53-14(2)41)24(54-15(3)42)22(39-34(48)35(36,37)38)32(58-21)59-25-26(55-16(4)43)28(56-17(5)44)33(60-27(25)31(47)51-8)57-20-10-18(29(45)49-6)9-19(11-20)30(46)50-7/h9-11,21-28,32-33H,12H2,1-8H3,(H,39,48)/t21-,22-,23-,24-,25+,26+,27+,28-,32-,33-/m1/s1. The largest absolute Gasteiger partial charge is 0.471 e. The van der Waals surface area contributed by atoms with E-state index in [0.29, 0.717) is 0 Å². The van der Waals surface area contributed by atoms with Gasteiger partial charge >= 0.3 is 59.8 Å². The maximum absolute atomic E-state index is 13.8. The molecular weight excluding hydrogens is 827 g/mol. The highest BCUT2D eigenvalue weighted by Crippen LogP contribution is 2.36. The molecule has 60 heavy (non-hydrogen) atoms. The van der Waals surface area contributed by atoms with Crippen LogP contribution in [-0.4, -0.2) is 149 Å². The molecule has 0 saturated carbocycles.